The fraction of sp³-hybridized carbons (Fsp3) is 1.00. The number of aliphatic hydroxyl groups is 1. The van der Waals surface area contributed by atoms with Crippen molar-refractivity contribution >= 4 is 29.6 Å². The zero-order valence-corrected chi connectivity index (χ0v) is 5.76. The molecule has 0 saturated carbocycles. The molecule has 0 spiro atoms. The van der Waals surface area contributed by atoms with Crippen molar-refractivity contribution in [1.82, 2.24) is 0 Å². The van der Waals surface area contributed by atoms with Crippen molar-refractivity contribution in [3.63, 3.8) is 0 Å². The number of hydrogen-bond donors (Lipinski definition) is 1. The fourth-order valence-electron chi connectivity index (χ4n) is 0.853. The van der Waals surface area contributed by atoms with E-state index in [4.69, 9.17) is 14.6 Å². The number of aliphatic hydroxyl groups excluding tert-OH is 1. The van der Waals surface area contributed by atoms with Gasteiger partial charge in [0.2, 0.25) is 0 Å². The van der Waals surface area contributed by atoms with Crippen LogP contribution in [0.5, 0.6) is 0 Å². The Labute approximate surface area is 83.0 Å². The first-order valence-corrected chi connectivity index (χ1v) is 3.07. The summed E-state index contributed by atoms with van der Waals surface area (Å²) >= 11 is 0. The van der Waals surface area contributed by atoms with Crippen molar-refractivity contribution < 1.29 is 14.6 Å². The Bertz CT molecular complexity index is 105. The van der Waals surface area contributed by atoms with Gasteiger partial charge in [-0.25, -0.2) is 0 Å². The third kappa shape index (κ3) is 2.86. The molecule has 1 aliphatic rings. The van der Waals surface area contributed by atoms with Crippen molar-refractivity contribution in [3.8, 4) is 0 Å². The van der Waals surface area contributed by atoms with Crippen LogP contribution in [0.3, 0.4) is 0 Å². The SMILES string of the molecule is CC1(C)OC[C@H](CO)O1.[NaH]. The molecule has 0 bridgehead atoms. The molecule has 1 saturated heterocycles. The van der Waals surface area contributed by atoms with Gasteiger partial charge in [-0.2, -0.15) is 0 Å². The topological polar surface area (TPSA) is 38.7 Å². The first-order chi connectivity index (χ1) is 4.14. The summed E-state index contributed by atoms with van der Waals surface area (Å²) in [6.07, 6.45) is -0.125. The van der Waals surface area contributed by atoms with Gasteiger partial charge in [0.05, 0.1) is 13.2 Å². The van der Waals surface area contributed by atoms with Crippen molar-refractivity contribution in [2.24, 2.45) is 0 Å². The van der Waals surface area contributed by atoms with Gasteiger partial charge >= 0.3 is 29.6 Å². The molecule has 0 aromatic carbocycles. The maximum atomic E-state index is 8.59. The van der Waals surface area contributed by atoms with Crippen LogP contribution >= 0.6 is 0 Å². The van der Waals surface area contributed by atoms with Gasteiger partial charge in [-0.15, -0.1) is 0 Å². The second-order valence-corrected chi connectivity index (χ2v) is 2.63. The maximum absolute atomic E-state index is 8.59. The second-order valence-electron chi connectivity index (χ2n) is 2.63. The van der Waals surface area contributed by atoms with Crippen LogP contribution < -0.4 is 0 Å². The van der Waals surface area contributed by atoms with E-state index in [1.54, 1.807) is 0 Å². The fourth-order valence-corrected chi connectivity index (χ4v) is 0.853. The normalized spacial score (nSPS) is 29.7. The molecule has 10 heavy (non-hydrogen) atoms. The van der Waals surface area contributed by atoms with E-state index in [0.29, 0.717) is 6.61 Å². The molecule has 56 valence electrons. The van der Waals surface area contributed by atoms with Crippen LogP contribution in [-0.2, 0) is 9.47 Å². The Kier molecular flexibility index (Phi) is 4.40. The quantitative estimate of drug-likeness (QED) is 0.519. The molecule has 0 aromatic rings. The molecule has 4 heteroatoms. The molecular formula is C6H13NaO3. The molecule has 0 radical (unpaired) electrons. The Morgan fingerprint density at radius 1 is 1.60 bits per heavy atom. The van der Waals surface area contributed by atoms with E-state index < -0.39 is 5.79 Å². The molecule has 0 aliphatic carbocycles. The van der Waals surface area contributed by atoms with Gasteiger partial charge in [0.25, 0.3) is 0 Å². The summed E-state index contributed by atoms with van der Waals surface area (Å²) in [7, 11) is 0. The van der Waals surface area contributed by atoms with Crippen LogP contribution in [0.1, 0.15) is 13.8 Å². The molecule has 1 fully saturated rings. The van der Waals surface area contributed by atoms with Crippen molar-refractivity contribution in [1.29, 1.82) is 0 Å². The summed E-state index contributed by atoms with van der Waals surface area (Å²) in [4.78, 5) is 0. The van der Waals surface area contributed by atoms with Gasteiger partial charge in [-0.3, -0.25) is 0 Å². The van der Waals surface area contributed by atoms with E-state index in [2.05, 4.69) is 0 Å². The predicted octanol–water partition coefficient (Wildman–Crippen LogP) is -0.518. The van der Waals surface area contributed by atoms with Crippen molar-refractivity contribution in [3.05, 3.63) is 0 Å². The van der Waals surface area contributed by atoms with Crippen LogP contribution in [0.15, 0.2) is 0 Å². The molecule has 0 amide bonds. The number of ether oxygens (including phenoxy) is 2. The van der Waals surface area contributed by atoms with E-state index in [9.17, 15) is 0 Å². The average Bonchev–Trinajstić information content (AvgIpc) is 2.10. The summed E-state index contributed by atoms with van der Waals surface area (Å²) in [6.45, 7) is 4.22. The van der Waals surface area contributed by atoms with Gasteiger partial charge in [-0.05, 0) is 13.8 Å². The van der Waals surface area contributed by atoms with E-state index >= 15 is 0 Å². The number of rotatable bonds is 1. The molecule has 0 aromatic heterocycles. The minimum absolute atomic E-state index is 0. The third-order valence-electron chi connectivity index (χ3n) is 1.27. The summed E-state index contributed by atoms with van der Waals surface area (Å²) in [6, 6.07) is 0. The van der Waals surface area contributed by atoms with Crippen molar-refractivity contribution in [2.75, 3.05) is 13.2 Å². The summed E-state index contributed by atoms with van der Waals surface area (Å²) < 4.78 is 10.4. The standard InChI is InChI=1S/C6H12O3.Na.H/c1-6(2)8-4-5(3-7)9-6;;/h5,7H,3-4H2,1-2H3;;/t5-;;/m0../s1. The third-order valence-corrected chi connectivity index (χ3v) is 1.27. The summed E-state index contributed by atoms with van der Waals surface area (Å²) in [5.41, 5.74) is 0. The summed E-state index contributed by atoms with van der Waals surface area (Å²) in [5, 5.41) is 8.59. The van der Waals surface area contributed by atoms with Gasteiger partial charge in [0, 0.05) is 0 Å². The van der Waals surface area contributed by atoms with E-state index in [0.717, 1.165) is 0 Å². The first-order valence-electron chi connectivity index (χ1n) is 3.07. The van der Waals surface area contributed by atoms with Crippen LogP contribution in [0, 0.1) is 0 Å². The molecule has 1 N–H and O–H groups in total. The Balaban J connectivity index is 0.000000810. The molecule has 3 nitrogen and oxygen atoms in total. The van der Waals surface area contributed by atoms with Crippen LogP contribution in [-0.4, -0.2) is 59.8 Å². The van der Waals surface area contributed by atoms with E-state index in [1.165, 1.54) is 0 Å². The van der Waals surface area contributed by atoms with Crippen molar-refractivity contribution in [2.45, 2.75) is 25.7 Å². The van der Waals surface area contributed by atoms with Gasteiger partial charge in [0.1, 0.15) is 6.10 Å². The predicted molar refractivity (Wildman–Crippen MR) is 39.1 cm³/mol. The molecule has 1 rings (SSSR count). The zero-order valence-electron chi connectivity index (χ0n) is 5.76. The zero-order chi connectivity index (χ0) is 6.91. The molecule has 1 heterocycles. The Hall–Kier alpha value is 0.880. The second kappa shape index (κ2) is 4.04. The molecule has 1 aliphatic heterocycles. The number of hydrogen-bond acceptors (Lipinski definition) is 3. The molecule has 1 atom stereocenters. The van der Waals surface area contributed by atoms with Crippen LogP contribution in [0.25, 0.3) is 0 Å². The monoisotopic (exact) mass is 156 g/mol. The average molecular weight is 156 g/mol. The van der Waals surface area contributed by atoms with Gasteiger partial charge < -0.3 is 14.6 Å². The first kappa shape index (κ1) is 10.9. The Morgan fingerprint density at radius 3 is 2.40 bits per heavy atom. The van der Waals surface area contributed by atoms with Gasteiger partial charge in [0.15, 0.2) is 5.79 Å². The molecular weight excluding hydrogens is 143 g/mol. The Morgan fingerprint density at radius 2 is 2.20 bits per heavy atom. The molecule has 0 unspecified atom stereocenters. The van der Waals surface area contributed by atoms with Crippen LogP contribution in [0.2, 0.25) is 0 Å². The minimum atomic E-state index is -0.493. The van der Waals surface area contributed by atoms with E-state index in [-0.39, 0.29) is 42.3 Å². The van der Waals surface area contributed by atoms with Gasteiger partial charge in [-0.1, -0.05) is 0 Å². The van der Waals surface area contributed by atoms with Crippen LogP contribution in [0.4, 0.5) is 0 Å². The van der Waals surface area contributed by atoms with E-state index in [1.807, 2.05) is 13.8 Å². The summed E-state index contributed by atoms with van der Waals surface area (Å²) in [5.74, 6) is -0.493.